The second-order valence-electron chi connectivity index (χ2n) is 2.56. The molecular formula is C7H11BClNO2. The van der Waals surface area contributed by atoms with Crippen LogP contribution in [0.15, 0.2) is 12.1 Å². The third-order valence-corrected chi connectivity index (χ3v) is 1.40. The lowest BCUT2D eigenvalue weighted by atomic mass is 9.80. The van der Waals surface area contributed by atoms with Gasteiger partial charge in [-0.2, -0.15) is 0 Å². The Balaban J connectivity index is 0.00000121. The fourth-order valence-corrected chi connectivity index (χ4v) is 1.02. The van der Waals surface area contributed by atoms with Crippen LogP contribution in [0, 0.1) is 13.8 Å². The Labute approximate surface area is 78.0 Å². The van der Waals surface area contributed by atoms with Crippen LogP contribution in [0.2, 0.25) is 0 Å². The Morgan fingerprint density at radius 3 is 1.92 bits per heavy atom. The number of aromatic nitrogens is 1. The number of nitrogens with zero attached hydrogens (tertiary/aromatic N) is 1. The molecule has 66 valence electrons. The molecule has 0 unspecified atom stereocenters. The average molecular weight is 187 g/mol. The molecule has 1 rings (SSSR count). The highest BCUT2D eigenvalue weighted by Crippen LogP contribution is 1.93. The molecular weight excluding hydrogens is 176 g/mol. The van der Waals surface area contributed by atoms with Crippen molar-refractivity contribution in [3.05, 3.63) is 23.5 Å². The second-order valence-corrected chi connectivity index (χ2v) is 2.56. The molecule has 0 bridgehead atoms. The van der Waals surface area contributed by atoms with Gasteiger partial charge in [0.25, 0.3) is 0 Å². The minimum atomic E-state index is -1.39. The Morgan fingerprint density at radius 1 is 1.17 bits per heavy atom. The van der Waals surface area contributed by atoms with Crippen LogP contribution in [-0.2, 0) is 0 Å². The fraction of sp³-hybridized carbons (Fsp3) is 0.286. The Bertz CT molecular complexity index is 247. The maximum absolute atomic E-state index is 8.80. The first kappa shape index (κ1) is 11.4. The van der Waals surface area contributed by atoms with E-state index in [1.165, 1.54) is 0 Å². The van der Waals surface area contributed by atoms with Gasteiger partial charge in [0, 0.05) is 11.4 Å². The SMILES string of the molecule is Cc1cc(B(O)O)cc(C)n1.Cl. The van der Waals surface area contributed by atoms with Crippen molar-refractivity contribution in [1.29, 1.82) is 0 Å². The molecule has 0 aliphatic heterocycles. The monoisotopic (exact) mass is 187 g/mol. The summed E-state index contributed by atoms with van der Waals surface area (Å²) in [7, 11) is -1.39. The average Bonchev–Trinajstić information content (AvgIpc) is 1.85. The molecule has 0 spiro atoms. The van der Waals surface area contributed by atoms with Gasteiger partial charge < -0.3 is 10.0 Å². The quantitative estimate of drug-likeness (QED) is 0.599. The van der Waals surface area contributed by atoms with Crippen LogP contribution >= 0.6 is 12.4 Å². The topological polar surface area (TPSA) is 53.4 Å². The number of aryl methyl sites for hydroxylation is 2. The third kappa shape index (κ3) is 2.81. The molecule has 0 aromatic carbocycles. The van der Waals surface area contributed by atoms with Gasteiger partial charge in [-0.3, -0.25) is 4.98 Å². The standard InChI is InChI=1S/C7H10BNO2.ClH/c1-5-3-7(8(10)11)4-6(2)9-5;/h3-4,10-11H,1-2H3;1H. The van der Waals surface area contributed by atoms with Crippen LogP contribution in [0.3, 0.4) is 0 Å². The van der Waals surface area contributed by atoms with Crippen molar-refractivity contribution in [3.63, 3.8) is 0 Å². The van der Waals surface area contributed by atoms with E-state index in [4.69, 9.17) is 10.0 Å². The summed E-state index contributed by atoms with van der Waals surface area (Å²) in [6.45, 7) is 3.64. The van der Waals surface area contributed by atoms with E-state index < -0.39 is 7.12 Å². The van der Waals surface area contributed by atoms with Gasteiger partial charge in [0.2, 0.25) is 0 Å². The number of hydrogen-bond donors (Lipinski definition) is 2. The summed E-state index contributed by atoms with van der Waals surface area (Å²) in [6, 6.07) is 3.30. The molecule has 0 amide bonds. The normalized spacial score (nSPS) is 9.00. The predicted molar refractivity (Wildman–Crippen MR) is 50.8 cm³/mol. The summed E-state index contributed by atoms with van der Waals surface area (Å²) in [6.07, 6.45) is 0. The van der Waals surface area contributed by atoms with E-state index in [0.717, 1.165) is 11.4 Å². The Hall–Kier alpha value is -0.575. The van der Waals surface area contributed by atoms with Gasteiger partial charge in [-0.1, -0.05) is 0 Å². The first-order chi connectivity index (χ1) is 5.09. The molecule has 0 atom stereocenters. The minimum absolute atomic E-state index is 0. The van der Waals surface area contributed by atoms with Crippen LogP contribution < -0.4 is 5.46 Å². The summed E-state index contributed by atoms with van der Waals surface area (Å²) >= 11 is 0. The summed E-state index contributed by atoms with van der Waals surface area (Å²) < 4.78 is 0. The molecule has 0 radical (unpaired) electrons. The molecule has 1 heterocycles. The van der Waals surface area contributed by atoms with E-state index in [-0.39, 0.29) is 12.4 Å². The summed E-state index contributed by atoms with van der Waals surface area (Å²) in [5.41, 5.74) is 2.09. The Kier molecular flexibility index (Phi) is 4.24. The van der Waals surface area contributed by atoms with Crippen molar-refractivity contribution < 1.29 is 10.0 Å². The van der Waals surface area contributed by atoms with Crippen molar-refractivity contribution in [2.75, 3.05) is 0 Å². The molecule has 3 nitrogen and oxygen atoms in total. The van der Waals surface area contributed by atoms with E-state index >= 15 is 0 Å². The maximum Gasteiger partial charge on any atom is 0.488 e. The van der Waals surface area contributed by atoms with E-state index in [1.807, 2.05) is 13.8 Å². The molecule has 0 fully saturated rings. The number of hydrogen-bond acceptors (Lipinski definition) is 3. The van der Waals surface area contributed by atoms with E-state index in [1.54, 1.807) is 12.1 Å². The van der Waals surface area contributed by atoms with Gasteiger partial charge >= 0.3 is 7.12 Å². The van der Waals surface area contributed by atoms with Crippen LogP contribution in [-0.4, -0.2) is 22.2 Å². The summed E-state index contributed by atoms with van der Waals surface area (Å²) in [5.74, 6) is 0. The van der Waals surface area contributed by atoms with Gasteiger partial charge in [0.05, 0.1) is 0 Å². The van der Waals surface area contributed by atoms with Crippen LogP contribution in [0.4, 0.5) is 0 Å². The minimum Gasteiger partial charge on any atom is -0.423 e. The van der Waals surface area contributed by atoms with Crippen LogP contribution in [0.1, 0.15) is 11.4 Å². The predicted octanol–water partition coefficient (Wildman–Crippen LogP) is -0.200. The zero-order valence-corrected chi connectivity index (χ0v) is 7.80. The number of rotatable bonds is 1. The molecule has 2 N–H and O–H groups in total. The third-order valence-electron chi connectivity index (χ3n) is 1.40. The molecule has 0 saturated heterocycles. The summed E-state index contributed by atoms with van der Waals surface area (Å²) in [4.78, 5) is 4.09. The van der Waals surface area contributed by atoms with Crippen molar-refractivity contribution in [2.45, 2.75) is 13.8 Å². The van der Waals surface area contributed by atoms with E-state index in [9.17, 15) is 0 Å². The molecule has 0 saturated carbocycles. The van der Waals surface area contributed by atoms with Gasteiger partial charge in [-0.25, -0.2) is 0 Å². The number of pyridine rings is 1. The van der Waals surface area contributed by atoms with Crippen LogP contribution in [0.5, 0.6) is 0 Å². The van der Waals surface area contributed by atoms with E-state index in [2.05, 4.69) is 4.98 Å². The highest BCUT2D eigenvalue weighted by atomic mass is 35.5. The largest absolute Gasteiger partial charge is 0.488 e. The lowest BCUT2D eigenvalue weighted by molar-refractivity contribution is 0.425. The van der Waals surface area contributed by atoms with E-state index in [0.29, 0.717) is 5.46 Å². The fourth-order valence-electron chi connectivity index (χ4n) is 1.02. The van der Waals surface area contributed by atoms with Gasteiger partial charge in [-0.15, -0.1) is 12.4 Å². The number of halogens is 1. The first-order valence-corrected chi connectivity index (χ1v) is 3.41. The van der Waals surface area contributed by atoms with Crippen LogP contribution in [0.25, 0.3) is 0 Å². The molecule has 0 aliphatic rings. The molecule has 1 aromatic rings. The lowest BCUT2D eigenvalue weighted by Gasteiger charge is -2.01. The van der Waals surface area contributed by atoms with Gasteiger partial charge in [-0.05, 0) is 31.4 Å². The van der Waals surface area contributed by atoms with Crippen molar-refractivity contribution in [2.24, 2.45) is 0 Å². The highest BCUT2D eigenvalue weighted by Gasteiger charge is 2.11. The Morgan fingerprint density at radius 2 is 1.58 bits per heavy atom. The van der Waals surface area contributed by atoms with Crippen molar-refractivity contribution in [3.8, 4) is 0 Å². The van der Waals surface area contributed by atoms with Gasteiger partial charge in [0.1, 0.15) is 0 Å². The molecule has 1 aromatic heterocycles. The van der Waals surface area contributed by atoms with Crippen molar-refractivity contribution in [1.82, 2.24) is 4.98 Å². The maximum atomic E-state index is 8.80. The second kappa shape index (κ2) is 4.45. The lowest BCUT2D eigenvalue weighted by Crippen LogP contribution is -2.30. The molecule has 0 aliphatic carbocycles. The van der Waals surface area contributed by atoms with Gasteiger partial charge in [0.15, 0.2) is 0 Å². The zero-order chi connectivity index (χ0) is 8.43. The smallest absolute Gasteiger partial charge is 0.423 e. The summed E-state index contributed by atoms with van der Waals surface area (Å²) in [5, 5.41) is 17.6. The molecule has 12 heavy (non-hydrogen) atoms. The first-order valence-electron chi connectivity index (χ1n) is 3.41. The van der Waals surface area contributed by atoms with Crippen molar-refractivity contribution >= 4 is 25.0 Å². The zero-order valence-electron chi connectivity index (χ0n) is 6.98. The highest BCUT2D eigenvalue weighted by molar-refractivity contribution is 6.58. The molecule has 5 heteroatoms.